The summed E-state index contributed by atoms with van der Waals surface area (Å²) in [4.78, 5) is 34.3. The number of aromatic hydroxyl groups is 2. The number of H-pyrrole nitrogens is 1. The standard InChI is InChI=1S/C38H41N5O8/c1-17-34(48-4)20-13-25-30-29-21(35(49-5)18(2)37(51-7)33(29)46)12-24(42(30)3)26(14-39)43(25)27(28(20)32(45)36(17)50-6)16-41-38(47)31(44)22-15-40-23-11-9-8-10-19(22)23/h8-11,15,24-27,30,40,45-46H,12-13,16H2,1-7H3,(H,41,47)/t24-,25+,26+,27+,30-/m1/s1. The Labute approximate surface area is 295 Å². The van der Waals surface area contributed by atoms with Gasteiger partial charge in [0.1, 0.15) is 17.5 Å². The Morgan fingerprint density at radius 2 is 1.47 bits per heavy atom. The number of rotatable bonds is 8. The van der Waals surface area contributed by atoms with Gasteiger partial charge in [0.15, 0.2) is 23.0 Å². The number of Topliss-reactive ketones (excluding diaryl/α,β-unsaturated/α-hetero) is 1. The number of ketones is 1. The molecular formula is C38H41N5O8. The molecule has 5 atom stereocenters. The molecule has 266 valence electrons. The number of nitrogens with zero attached hydrogens (tertiary/aromatic N) is 3. The summed E-state index contributed by atoms with van der Waals surface area (Å²) in [5.74, 6) is -0.0632. The predicted octanol–water partition coefficient (Wildman–Crippen LogP) is 4.00. The second-order valence-corrected chi connectivity index (χ2v) is 13.3. The highest BCUT2D eigenvalue weighted by molar-refractivity contribution is 6.45. The first-order valence-corrected chi connectivity index (χ1v) is 16.7. The van der Waals surface area contributed by atoms with Gasteiger partial charge in [-0.2, -0.15) is 5.26 Å². The number of nitrogens with one attached hydrogen (secondary N) is 2. The highest BCUT2D eigenvalue weighted by Crippen LogP contribution is 2.58. The summed E-state index contributed by atoms with van der Waals surface area (Å²) in [6.07, 6.45) is 2.21. The average molecular weight is 696 g/mol. The van der Waals surface area contributed by atoms with E-state index in [-0.39, 0.29) is 35.4 Å². The number of benzene rings is 3. The molecule has 4 N–H and O–H groups in total. The summed E-state index contributed by atoms with van der Waals surface area (Å²) < 4.78 is 23.2. The summed E-state index contributed by atoms with van der Waals surface area (Å²) in [6, 6.07) is 6.91. The van der Waals surface area contributed by atoms with Crippen molar-refractivity contribution in [2.24, 2.45) is 0 Å². The van der Waals surface area contributed by atoms with Crippen molar-refractivity contribution in [3.05, 3.63) is 69.4 Å². The number of amides is 1. The Balaban J connectivity index is 1.39. The number of ether oxygens (including phenoxy) is 4. The molecule has 4 heterocycles. The number of aromatic amines is 1. The van der Waals surface area contributed by atoms with Crippen molar-refractivity contribution in [2.75, 3.05) is 42.0 Å². The Kier molecular flexibility index (Phi) is 8.47. The number of carbonyl (C=O) groups is 2. The van der Waals surface area contributed by atoms with Crippen LogP contribution < -0.4 is 24.3 Å². The summed E-state index contributed by atoms with van der Waals surface area (Å²) in [7, 11) is 8.02. The Bertz CT molecular complexity index is 2140. The molecule has 2 bridgehead atoms. The molecule has 1 saturated heterocycles. The van der Waals surface area contributed by atoms with Crippen molar-refractivity contribution < 1.29 is 38.7 Å². The first kappa shape index (κ1) is 34.0. The van der Waals surface area contributed by atoms with Gasteiger partial charge in [0, 0.05) is 69.1 Å². The predicted molar refractivity (Wildman–Crippen MR) is 187 cm³/mol. The lowest BCUT2D eigenvalue weighted by molar-refractivity contribution is -0.118. The van der Waals surface area contributed by atoms with E-state index in [2.05, 4.69) is 21.3 Å². The topological polar surface area (TPSA) is 170 Å². The van der Waals surface area contributed by atoms with E-state index in [0.29, 0.717) is 63.3 Å². The molecule has 7 rings (SSSR count). The molecule has 0 unspecified atom stereocenters. The Morgan fingerprint density at radius 3 is 2.08 bits per heavy atom. The molecule has 3 aliphatic rings. The minimum atomic E-state index is -0.829. The third-order valence-corrected chi connectivity index (χ3v) is 11.2. The fourth-order valence-electron chi connectivity index (χ4n) is 9.07. The molecule has 51 heavy (non-hydrogen) atoms. The quantitative estimate of drug-likeness (QED) is 0.155. The molecule has 13 nitrogen and oxygen atoms in total. The molecule has 1 amide bonds. The lowest BCUT2D eigenvalue weighted by Gasteiger charge is -2.60. The minimum Gasteiger partial charge on any atom is -0.504 e. The van der Waals surface area contributed by atoms with E-state index in [1.807, 2.05) is 31.0 Å². The number of phenols is 2. The van der Waals surface area contributed by atoms with Gasteiger partial charge in [0.05, 0.1) is 52.2 Å². The smallest absolute Gasteiger partial charge is 0.292 e. The van der Waals surface area contributed by atoms with Gasteiger partial charge in [0.2, 0.25) is 0 Å². The number of likely N-dealkylation sites (N-methyl/N-ethyl adjacent to an activating group) is 1. The second-order valence-electron chi connectivity index (χ2n) is 13.3. The van der Waals surface area contributed by atoms with Crippen molar-refractivity contribution in [1.82, 2.24) is 20.1 Å². The van der Waals surface area contributed by atoms with Gasteiger partial charge >= 0.3 is 0 Å². The van der Waals surface area contributed by atoms with E-state index in [9.17, 15) is 25.1 Å². The number of hydrogen-bond donors (Lipinski definition) is 4. The van der Waals surface area contributed by atoms with E-state index in [1.54, 1.807) is 33.3 Å². The highest BCUT2D eigenvalue weighted by atomic mass is 16.5. The molecule has 1 aromatic heterocycles. The Morgan fingerprint density at radius 1 is 0.902 bits per heavy atom. The lowest BCUT2D eigenvalue weighted by Crippen LogP contribution is -2.68. The fraction of sp³-hybridized carbons (Fsp3) is 0.395. The lowest BCUT2D eigenvalue weighted by atomic mass is 9.71. The number of methoxy groups -OCH3 is 4. The molecular weight excluding hydrogens is 654 g/mol. The SMILES string of the molecule is COc1c(C)c(OC)c2c(c1O)[C@H]1[C@@H]3Cc4c(OC)c(C)c(OC)c(O)c4[C@H](CNC(=O)C(=O)c4c[nH]c5ccccc45)N3[C@@H](C#N)[C@@H](C2)N1C. The van der Waals surface area contributed by atoms with Crippen molar-refractivity contribution in [3.63, 3.8) is 0 Å². The van der Waals surface area contributed by atoms with Gasteiger partial charge in [-0.05, 0) is 39.8 Å². The van der Waals surface area contributed by atoms with E-state index < -0.39 is 35.9 Å². The van der Waals surface area contributed by atoms with E-state index >= 15 is 0 Å². The van der Waals surface area contributed by atoms with Crippen LogP contribution in [0.25, 0.3) is 10.9 Å². The van der Waals surface area contributed by atoms with Crippen LogP contribution in [0.4, 0.5) is 0 Å². The number of aromatic nitrogens is 1. The molecule has 0 saturated carbocycles. The summed E-state index contributed by atoms with van der Waals surface area (Å²) in [6.45, 7) is 3.50. The van der Waals surface area contributed by atoms with Crippen LogP contribution in [0.1, 0.15) is 55.8 Å². The van der Waals surface area contributed by atoms with E-state index in [0.717, 1.165) is 11.1 Å². The van der Waals surface area contributed by atoms with Gasteiger partial charge in [-0.15, -0.1) is 0 Å². The van der Waals surface area contributed by atoms with Gasteiger partial charge < -0.3 is 39.5 Å². The molecule has 4 aromatic rings. The van der Waals surface area contributed by atoms with Crippen molar-refractivity contribution in [2.45, 2.75) is 56.9 Å². The van der Waals surface area contributed by atoms with Crippen LogP contribution in [0.3, 0.4) is 0 Å². The molecule has 0 radical (unpaired) electrons. The third-order valence-electron chi connectivity index (χ3n) is 11.2. The third kappa shape index (κ3) is 4.81. The Hall–Kier alpha value is -5.45. The number of hydrogen-bond acceptors (Lipinski definition) is 11. The summed E-state index contributed by atoms with van der Waals surface area (Å²) >= 11 is 0. The van der Waals surface area contributed by atoms with Crippen molar-refractivity contribution in [3.8, 4) is 40.6 Å². The maximum Gasteiger partial charge on any atom is 0.292 e. The molecule has 0 aliphatic carbocycles. The zero-order valence-corrected chi connectivity index (χ0v) is 29.6. The maximum atomic E-state index is 13.6. The zero-order chi connectivity index (χ0) is 36.5. The first-order chi connectivity index (χ1) is 24.5. The number of piperazine rings is 1. The van der Waals surface area contributed by atoms with Crippen molar-refractivity contribution in [1.29, 1.82) is 5.26 Å². The number of nitriles is 1. The minimum absolute atomic E-state index is 0.00263. The van der Waals surface area contributed by atoms with E-state index in [4.69, 9.17) is 18.9 Å². The monoisotopic (exact) mass is 695 g/mol. The van der Waals surface area contributed by atoms with Gasteiger partial charge in [-0.25, -0.2) is 0 Å². The van der Waals surface area contributed by atoms with Gasteiger partial charge in [-0.3, -0.25) is 19.4 Å². The van der Waals surface area contributed by atoms with Crippen LogP contribution in [0.2, 0.25) is 0 Å². The molecule has 3 aromatic carbocycles. The molecule has 3 aliphatic heterocycles. The largest absolute Gasteiger partial charge is 0.504 e. The fourth-order valence-corrected chi connectivity index (χ4v) is 9.07. The van der Waals surface area contributed by atoms with Gasteiger partial charge in [-0.1, -0.05) is 18.2 Å². The van der Waals surface area contributed by atoms with E-state index in [1.165, 1.54) is 20.4 Å². The van der Waals surface area contributed by atoms with Crippen LogP contribution in [0.15, 0.2) is 30.5 Å². The molecule has 13 heteroatoms. The highest BCUT2D eigenvalue weighted by Gasteiger charge is 2.57. The number of carbonyl (C=O) groups excluding carboxylic acids is 2. The molecule has 0 spiro atoms. The van der Waals surface area contributed by atoms with Crippen LogP contribution in [0.5, 0.6) is 34.5 Å². The number of para-hydroxylation sites is 1. The number of phenolic OH excluding ortho intramolecular Hbond substituents is 2. The summed E-state index contributed by atoms with van der Waals surface area (Å²) in [5, 5.41) is 38.1. The van der Waals surface area contributed by atoms with Crippen molar-refractivity contribution >= 4 is 22.6 Å². The van der Waals surface area contributed by atoms with Crippen LogP contribution >= 0.6 is 0 Å². The van der Waals surface area contributed by atoms with Crippen LogP contribution in [-0.2, 0) is 17.6 Å². The van der Waals surface area contributed by atoms with Gasteiger partial charge in [0.25, 0.3) is 11.7 Å². The summed E-state index contributed by atoms with van der Waals surface area (Å²) in [5.41, 5.74) is 4.77. The average Bonchev–Trinajstić information content (AvgIpc) is 3.55. The van der Waals surface area contributed by atoms with Crippen LogP contribution in [-0.4, -0.2) is 96.8 Å². The normalized spacial score (nSPS) is 22.3. The second kappa shape index (κ2) is 12.7. The molecule has 1 fully saturated rings. The number of fused-ring (bicyclic) bond motifs is 8. The zero-order valence-electron chi connectivity index (χ0n) is 29.6. The maximum absolute atomic E-state index is 13.6. The first-order valence-electron chi connectivity index (χ1n) is 16.7. The van der Waals surface area contributed by atoms with Crippen LogP contribution in [0, 0.1) is 25.2 Å².